The standard InChI is InChI=1S/C32H34ClFN2O2/c1-32(2,31(37)38)27-12-7-21(19-28(27)34)5-4-16-36-17-13-22(14-18-36)29-26-11-10-25(33)20-24(26)9-8-23-6-3-15-35-30(23)29/h3,6-7,10-12,15,19-20H,4-5,8-9,13-14,16-18H2,1-2H3,(H,37,38). The predicted octanol–water partition coefficient (Wildman–Crippen LogP) is 6.87. The number of piperidine rings is 1. The molecule has 2 aliphatic rings. The van der Waals surface area contributed by atoms with Gasteiger partial charge in [-0.05, 0) is 105 Å². The molecule has 4 nitrogen and oxygen atoms in total. The number of benzene rings is 2. The number of fused-ring (bicyclic) bond motifs is 2. The van der Waals surface area contributed by atoms with Gasteiger partial charge in [0.15, 0.2) is 0 Å². The zero-order valence-corrected chi connectivity index (χ0v) is 22.8. The summed E-state index contributed by atoms with van der Waals surface area (Å²) in [5.41, 5.74) is 7.63. The molecule has 1 N–H and O–H groups in total. The minimum Gasteiger partial charge on any atom is -0.481 e. The molecule has 1 aliphatic heterocycles. The molecule has 6 heteroatoms. The predicted molar refractivity (Wildman–Crippen MR) is 150 cm³/mol. The largest absolute Gasteiger partial charge is 0.481 e. The van der Waals surface area contributed by atoms with Gasteiger partial charge in [0.05, 0.1) is 11.1 Å². The molecule has 1 aromatic heterocycles. The Kier molecular flexibility index (Phi) is 7.69. The molecular weight excluding hydrogens is 499 g/mol. The second-order valence-electron chi connectivity index (χ2n) is 11.0. The molecule has 0 bridgehead atoms. The molecular formula is C32H34ClFN2O2. The Labute approximate surface area is 229 Å². The van der Waals surface area contributed by atoms with Crippen LogP contribution in [0.25, 0.3) is 5.57 Å². The Bertz CT molecular complexity index is 1390. The lowest BCUT2D eigenvalue weighted by Gasteiger charge is -2.30. The van der Waals surface area contributed by atoms with E-state index in [1.165, 1.54) is 47.8 Å². The van der Waals surface area contributed by atoms with Crippen LogP contribution in [0.4, 0.5) is 4.39 Å². The molecule has 38 heavy (non-hydrogen) atoms. The van der Waals surface area contributed by atoms with Gasteiger partial charge in [0.25, 0.3) is 0 Å². The molecule has 0 radical (unpaired) electrons. The van der Waals surface area contributed by atoms with E-state index in [0.29, 0.717) is 0 Å². The lowest BCUT2D eigenvalue weighted by Crippen LogP contribution is -2.32. The smallest absolute Gasteiger partial charge is 0.313 e. The molecule has 0 unspecified atom stereocenters. The maximum Gasteiger partial charge on any atom is 0.313 e. The average molecular weight is 533 g/mol. The second-order valence-corrected chi connectivity index (χ2v) is 11.4. The molecule has 1 saturated heterocycles. The Morgan fingerprint density at radius 3 is 2.55 bits per heavy atom. The first-order chi connectivity index (χ1) is 18.2. The van der Waals surface area contributed by atoms with Crippen LogP contribution < -0.4 is 0 Å². The quantitative estimate of drug-likeness (QED) is 0.376. The van der Waals surface area contributed by atoms with Gasteiger partial charge in [0.1, 0.15) is 5.82 Å². The van der Waals surface area contributed by atoms with E-state index in [4.69, 9.17) is 16.6 Å². The van der Waals surface area contributed by atoms with E-state index < -0.39 is 17.2 Å². The SMILES string of the molecule is CC(C)(C(=O)O)c1ccc(CCCN2CCC(=C3c4ccc(Cl)cc4CCc4cccnc43)CC2)cc1F. The van der Waals surface area contributed by atoms with Crippen molar-refractivity contribution in [2.75, 3.05) is 19.6 Å². The number of nitrogens with zero attached hydrogens (tertiary/aromatic N) is 2. The van der Waals surface area contributed by atoms with E-state index >= 15 is 0 Å². The van der Waals surface area contributed by atoms with Gasteiger partial charge in [-0.25, -0.2) is 4.39 Å². The van der Waals surface area contributed by atoms with Gasteiger partial charge in [-0.2, -0.15) is 0 Å². The zero-order valence-electron chi connectivity index (χ0n) is 22.1. The summed E-state index contributed by atoms with van der Waals surface area (Å²) < 4.78 is 14.7. The second kappa shape index (κ2) is 11.0. The number of rotatable bonds is 6. The van der Waals surface area contributed by atoms with Gasteiger partial charge >= 0.3 is 5.97 Å². The summed E-state index contributed by atoms with van der Waals surface area (Å²) in [5.74, 6) is -1.47. The number of hydrogen-bond donors (Lipinski definition) is 1. The average Bonchev–Trinajstić information content (AvgIpc) is 3.05. The number of pyridine rings is 1. The van der Waals surface area contributed by atoms with Crippen LogP contribution in [0.3, 0.4) is 0 Å². The number of likely N-dealkylation sites (tertiary alicyclic amines) is 1. The number of halogens is 2. The van der Waals surface area contributed by atoms with E-state index in [9.17, 15) is 14.3 Å². The number of aromatic nitrogens is 1. The third kappa shape index (κ3) is 5.41. The van der Waals surface area contributed by atoms with Crippen molar-refractivity contribution >= 4 is 23.1 Å². The molecule has 0 spiro atoms. The van der Waals surface area contributed by atoms with Crippen molar-refractivity contribution in [3.05, 3.63) is 105 Å². The fraction of sp³-hybridized carbons (Fsp3) is 0.375. The highest BCUT2D eigenvalue weighted by atomic mass is 35.5. The highest BCUT2D eigenvalue weighted by Gasteiger charge is 2.32. The summed E-state index contributed by atoms with van der Waals surface area (Å²) in [7, 11) is 0. The molecule has 1 fully saturated rings. The lowest BCUT2D eigenvalue weighted by molar-refractivity contribution is -0.142. The van der Waals surface area contributed by atoms with Gasteiger partial charge in [-0.15, -0.1) is 0 Å². The fourth-order valence-electron chi connectivity index (χ4n) is 5.77. The minimum absolute atomic E-state index is 0.226. The van der Waals surface area contributed by atoms with Crippen LogP contribution in [-0.4, -0.2) is 40.6 Å². The van der Waals surface area contributed by atoms with Crippen molar-refractivity contribution < 1.29 is 14.3 Å². The Morgan fingerprint density at radius 1 is 1.05 bits per heavy atom. The van der Waals surface area contributed by atoms with Crippen LogP contribution in [0.5, 0.6) is 0 Å². The number of carboxylic acid groups (broad SMARTS) is 1. The molecule has 0 saturated carbocycles. The van der Waals surface area contributed by atoms with Crippen molar-refractivity contribution in [3.63, 3.8) is 0 Å². The number of aryl methyl sites for hydroxylation is 3. The van der Waals surface area contributed by atoms with Gasteiger partial charge in [0, 0.05) is 35.4 Å². The maximum absolute atomic E-state index is 14.7. The van der Waals surface area contributed by atoms with E-state index in [2.05, 4.69) is 23.1 Å². The van der Waals surface area contributed by atoms with Crippen LogP contribution >= 0.6 is 11.6 Å². The van der Waals surface area contributed by atoms with E-state index in [-0.39, 0.29) is 5.56 Å². The number of carboxylic acids is 1. The van der Waals surface area contributed by atoms with Crippen molar-refractivity contribution in [3.8, 4) is 0 Å². The molecule has 2 aromatic carbocycles. The third-order valence-corrected chi connectivity index (χ3v) is 8.36. The zero-order chi connectivity index (χ0) is 26.9. The van der Waals surface area contributed by atoms with Crippen LogP contribution in [-0.2, 0) is 29.5 Å². The lowest BCUT2D eigenvalue weighted by atomic mass is 9.84. The summed E-state index contributed by atoms with van der Waals surface area (Å²) in [5, 5.41) is 10.2. The monoisotopic (exact) mass is 532 g/mol. The van der Waals surface area contributed by atoms with Gasteiger partial charge in [-0.3, -0.25) is 9.78 Å². The summed E-state index contributed by atoms with van der Waals surface area (Å²) in [6.45, 7) is 6.00. The molecule has 198 valence electrons. The van der Waals surface area contributed by atoms with Gasteiger partial charge in [-0.1, -0.05) is 41.4 Å². The third-order valence-electron chi connectivity index (χ3n) is 8.12. The molecule has 0 atom stereocenters. The minimum atomic E-state index is -1.25. The molecule has 5 rings (SSSR count). The molecule has 3 aromatic rings. The Morgan fingerprint density at radius 2 is 1.82 bits per heavy atom. The molecule has 1 aliphatic carbocycles. The van der Waals surface area contributed by atoms with Crippen LogP contribution in [0.2, 0.25) is 5.02 Å². The van der Waals surface area contributed by atoms with Crippen LogP contribution in [0.1, 0.15) is 66.6 Å². The summed E-state index contributed by atoms with van der Waals surface area (Å²) in [6.07, 6.45) is 7.52. The van der Waals surface area contributed by atoms with Crippen LogP contribution in [0.15, 0.2) is 60.3 Å². The fourth-order valence-corrected chi connectivity index (χ4v) is 5.97. The normalized spacial score (nSPS) is 16.1. The highest BCUT2D eigenvalue weighted by Crippen LogP contribution is 2.38. The number of carbonyl (C=O) groups is 1. The van der Waals surface area contributed by atoms with Crippen molar-refractivity contribution in [2.45, 2.75) is 57.8 Å². The summed E-state index contributed by atoms with van der Waals surface area (Å²) in [6, 6.07) is 15.5. The number of aliphatic carboxylic acids is 1. The number of hydrogen-bond acceptors (Lipinski definition) is 3. The van der Waals surface area contributed by atoms with Crippen molar-refractivity contribution in [1.82, 2.24) is 9.88 Å². The first-order valence-electron chi connectivity index (χ1n) is 13.4. The van der Waals surface area contributed by atoms with E-state index in [1.54, 1.807) is 6.07 Å². The Hall–Kier alpha value is -3.02. The maximum atomic E-state index is 14.7. The summed E-state index contributed by atoms with van der Waals surface area (Å²) in [4.78, 5) is 18.8. The van der Waals surface area contributed by atoms with Crippen molar-refractivity contribution in [2.24, 2.45) is 0 Å². The van der Waals surface area contributed by atoms with E-state index in [1.807, 2.05) is 24.4 Å². The first-order valence-corrected chi connectivity index (χ1v) is 13.8. The van der Waals surface area contributed by atoms with E-state index in [0.717, 1.165) is 74.4 Å². The van der Waals surface area contributed by atoms with Gasteiger partial charge in [0.2, 0.25) is 0 Å². The van der Waals surface area contributed by atoms with Crippen LogP contribution in [0, 0.1) is 5.82 Å². The Balaban J connectivity index is 1.26. The summed E-state index contributed by atoms with van der Waals surface area (Å²) >= 11 is 6.35. The van der Waals surface area contributed by atoms with Crippen molar-refractivity contribution in [1.29, 1.82) is 0 Å². The topological polar surface area (TPSA) is 53.4 Å². The van der Waals surface area contributed by atoms with Gasteiger partial charge < -0.3 is 10.0 Å². The first kappa shape index (κ1) is 26.6. The molecule has 2 heterocycles. The highest BCUT2D eigenvalue weighted by molar-refractivity contribution is 6.30. The molecule has 0 amide bonds.